The second-order valence-corrected chi connectivity index (χ2v) is 9.53. The number of thiophene rings is 1. The molecule has 6 nitrogen and oxygen atoms in total. The lowest BCUT2D eigenvalue weighted by molar-refractivity contribution is -0.116. The summed E-state index contributed by atoms with van der Waals surface area (Å²) in [5.41, 5.74) is 6.61. The zero-order valence-electron chi connectivity index (χ0n) is 19.6. The third-order valence-corrected chi connectivity index (χ3v) is 6.76. The summed E-state index contributed by atoms with van der Waals surface area (Å²) in [7, 11) is 0. The van der Waals surface area contributed by atoms with Crippen molar-refractivity contribution >= 4 is 46.4 Å². The van der Waals surface area contributed by atoms with E-state index in [-0.39, 0.29) is 5.91 Å². The SMILES string of the molecule is Cc1cnn2c(NCc3ccc(CNC(=O)/C=C/c4ccsc4)cc3)cc(-c3ccccc3Cl)nc12. The van der Waals surface area contributed by atoms with Gasteiger partial charge in [0.2, 0.25) is 5.91 Å². The molecular weight excluding hydrogens is 490 g/mol. The highest BCUT2D eigenvalue weighted by atomic mass is 35.5. The number of benzene rings is 2. The smallest absolute Gasteiger partial charge is 0.244 e. The van der Waals surface area contributed by atoms with Crippen molar-refractivity contribution in [3.8, 4) is 11.3 Å². The molecule has 0 spiro atoms. The number of aromatic nitrogens is 3. The molecule has 2 N–H and O–H groups in total. The standard InChI is InChI=1S/C28H24ClN5OS/c1-19-15-32-34-26(14-25(33-28(19)34)23-4-2-3-5-24(23)29)30-16-20-6-8-21(9-7-20)17-31-27(35)11-10-22-12-13-36-18-22/h2-15,18,30H,16-17H2,1H3,(H,31,35)/b11-10+. The number of halogens is 1. The maximum absolute atomic E-state index is 12.1. The summed E-state index contributed by atoms with van der Waals surface area (Å²) >= 11 is 8.04. The molecular formula is C28H24ClN5OS. The Morgan fingerprint density at radius 1 is 1.08 bits per heavy atom. The number of nitrogens with zero attached hydrogens (tertiary/aromatic N) is 3. The number of carbonyl (C=O) groups excluding carboxylic acids is 1. The van der Waals surface area contributed by atoms with Crippen molar-refractivity contribution < 1.29 is 4.79 Å². The van der Waals surface area contributed by atoms with Gasteiger partial charge in [0.1, 0.15) is 5.82 Å². The summed E-state index contributed by atoms with van der Waals surface area (Å²) in [5, 5.41) is 15.5. The molecule has 1 amide bonds. The minimum Gasteiger partial charge on any atom is -0.366 e. The average Bonchev–Trinajstić information content (AvgIpc) is 3.56. The number of rotatable bonds is 8. The van der Waals surface area contributed by atoms with Crippen LogP contribution >= 0.6 is 22.9 Å². The number of aryl methyl sites for hydroxylation is 1. The maximum Gasteiger partial charge on any atom is 0.244 e. The highest BCUT2D eigenvalue weighted by molar-refractivity contribution is 7.08. The molecule has 2 aromatic carbocycles. The maximum atomic E-state index is 12.1. The summed E-state index contributed by atoms with van der Waals surface area (Å²) in [5.74, 6) is 0.717. The van der Waals surface area contributed by atoms with Gasteiger partial charge < -0.3 is 10.6 Å². The van der Waals surface area contributed by atoms with E-state index in [1.807, 2.05) is 83.0 Å². The molecule has 180 valence electrons. The average molecular weight is 514 g/mol. The monoisotopic (exact) mass is 513 g/mol. The Bertz CT molecular complexity index is 1520. The van der Waals surface area contributed by atoms with E-state index in [4.69, 9.17) is 16.6 Å². The fourth-order valence-corrected chi connectivity index (χ4v) is 4.62. The highest BCUT2D eigenvalue weighted by Crippen LogP contribution is 2.29. The van der Waals surface area contributed by atoms with E-state index in [0.29, 0.717) is 18.1 Å². The fraction of sp³-hybridized carbons (Fsp3) is 0.107. The van der Waals surface area contributed by atoms with Crippen molar-refractivity contribution in [2.75, 3.05) is 5.32 Å². The molecule has 0 fully saturated rings. The Balaban J connectivity index is 1.25. The van der Waals surface area contributed by atoms with E-state index >= 15 is 0 Å². The Hall–Kier alpha value is -3.94. The van der Waals surface area contributed by atoms with Gasteiger partial charge >= 0.3 is 0 Å². The predicted molar refractivity (Wildman–Crippen MR) is 147 cm³/mol. The van der Waals surface area contributed by atoms with Crippen LogP contribution in [0, 0.1) is 6.92 Å². The number of hydrogen-bond acceptors (Lipinski definition) is 5. The van der Waals surface area contributed by atoms with Crippen molar-refractivity contribution in [3.05, 3.63) is 111 Å². The second kappa shape index (κ2) is 10.8. The van der Waals surface area contributed by atoms with Crippen LogP contribution in [0.5, 0.6) is 0 Å². The Morgan fingerprint density at radius 2 is 1.86 bits per heavy atom. The number of nitrogens with one attached hydrogen (secondary N) is 2. The van der Waals surface area contributed by atoms with Crippen molar-refractivity contribution in [3.63, 3.8) is 0 Å². The molecule has 0 saturated heterocycles. The van der Waals surface area contributed by atoms with Crippen molar-refractivity contribution in [1.29, 1.82) is 0 Å². The summed E-state index contributed by atoms with van der Waals surface area (Å²) in [6.45, 7) is 3.07. The molecule has 36 heavy (non-hydrogen) atoms. The zero-order chi connectivity index (χ0) is 24.9. The van der Waals surface area contributed by atoms with Crippen LogP contribution in [-0.2, 0) is 17.9 Å². The van der Waals surface area contributed by atoms with Gasteiger partial charge in [-0.15, -0.1) is 0 Å². The molecule has 0 unspecified atom stereocenters. The van der Waals surface area contributed by atoms with Crippen molar-refractivity contribution in [1.82, 2.24) is 19.9 Å². The quantitative estimate of drug-likeness (QED) is 0.237. The topological polar surface area (TPSA) is 71.3 Å². The van der Waals surface area contributed by atoms with E-state index in [1.54, 1.807) is 17.4 Å². The number of amides is 1. The molecule has 0 radical (unpaired) electrons. The number of fused-ring (bicyclic) bond motifs is 1. The molecule has 5 aromatic rings. The van der Waals surface area contributed by atoms with E-state index in [2.05, 4.69) is 27.9 Å². The number of anilines is 1. The zero-order valence-corrected chi connectivity index (χ0v) is 21.2. The molecule has 0 saturated carbocycles. The van der Waals surface area contributed by atoms with Crippen molar-refractivity contribution in [2.24, 2.45) is 0 Å². The lowest BCUT2D eigenvalue weighted by Crippen LogP contribution is -2.20. The molecule has 0 bridgehead atoms. The first-order chi connectivity index (χ1) is 17.6. The predicted octanol–water partition coefficient (Wildman–Crippen LogP) is 6.36. The first kappa shape index (κ1) is 23.8. The molecule has 3 aromatic heterocycles. The molecule has 5 rings (SSSR count). The van der Waals surface area contributed by atoms with E-state index in [1.165, 1.54) is 0 Å². The van der Waals surface area contributed by atoms with Crippen LogP contribution in [0.4, 0.5) is 5.82 Å². The van der Waals surface area contributed by atoms with Gasteiger partial charge in [0.15, 0.2) is 5.65 Å². The van der Waals surface area contributed by atoms with Gasteiger partial charge in [-0.1, -0.05) is 54.1 Å². The van der Waals surface area contributed by atoms with Crippen molar-refractivity contribution in [2.45, 2.75) is 20.0 Å². The Kier molecular flexibility index (Phi) is 7.11. The van der Waals surface area contributed by atoms with Gasteiger partial charge in [-0.25, -0.2) is 4.98 Å². The van der Waals surface area contributed by atoms with E-state index in [0.717, 1.165) is 45.0 Å². The third kappa shape index (κ3) is 5.48. The lowest BCUT2D eigenvalue weighted by atomic mass is 10.1. The first-order valence-electron chi connectivity index (χ1n) is 11.5. The third-order valence-electron chi connectivity index (χ3n) is 5.73. The molecule has 0 aliphatic carbocycles. The number of carbonyl (C=O) groups is 1. The molecule has 8 heteroatoms. The highest BCUT2D eigenvalue weighted by Gasteiger charge is 2.12. The minimum atomic E-state index is -0.113. The van der Waals surface area contributed by atoms with Crippen LogP contribution in [0.15, 0.2) is 83.7 Å². The Labute approximate surface area is 218 Å². The normalized spacial score (nSPS) is 11.3. The van der Waals surface area contributed by atoms with Crippen LogP contribution < -0.4 is 10.6 Å². The van der Waals surface area contributed by atoms with Gasteiger partial charge in [-0.3, -0.25) is 4.79 Å². The van der Waals surface area contributed by atoms with Crippen LogP contribution in [0.25, 0.3) is 23.0 Å². The fourth-order valence-electron chi connectivity index (χ4n) is 3.76. The van der Waals surface area contributed by atoms with Crippen LogP contribution in [-0.4, -0.2) is 20.5 Å². The number of hydrogen-bond donors (Lipinski definition) is 2. The summed E-state index contributed by atoms with van der Waals surface area (Å²) < 4.78 is 1.81. The van der Waals surface area contributed by atoms with Crippen LogP contribution in [0.3, 0.4) is 0 Å². The largest absolute Gasteiger partial charge is 0.366 e. The summed E-state index contributed by atoms with van der Waals surface area (Å²) in [6.07, 6.45) is 5.18. The Morgan fingerprint density at radius 3 is 2.61 bits per heavy atom. The van der Waals surface area contributed by atoms with Crippen LogP contribution in [0.1, 0.15) is 22.3 Å². The van der Waals surface area contributed by atoms with Gasteiger partial charge in [0, 0.05) is 41.4 Å². The first-order valence-corrected chi connectivity index (χ1v) is 12.8. The van der Waals surface area contributed by atoms with Gasteiger partial charge in [-0.05, 0) is 52.6 Å². The van der Waals surface area contributed by atoms with E-state index in [9.17, 15) is 4.79 Å². The molecule has 3 heterocycles. The van der Waals surface area contributed by atoms with Crippen LogP contribution in [0.2, 0.25) is 5.02 Å². The summed E-state index contributed by atoms with van der Waals surface area (Å²) in [4.78, 5) is 16.9. The lowest BCUT2D eigenvalue weighted by Gasteiger charge is -2.12. The molecule has 0 aliphatic heterocycles. The van der Waals surface area contributed by atoms with Gasteiger partial charge in [-0.2, -0.15) is 21.0 Å². The minimum absolute atomic E-state index is 0.113. The molecule has 0 atom stereocenters. The van der Waals surface area contributed by atoms with E-state index < -0.39 is 0 Å². The second-order valence-electron chi connectivity index (χ2n) is 8.35. The van der Waals surface area contributed by atoms with Gasteiger partial charge in [0.25, 0.3) is 0 Å². The summed E-state index contributed by atoms with van der Waals surface area (Å²) in [6, 6.07) is 19.8. The van der Waals surface area contributed by atoms with Gasteiger partial charge in [0.05, 0.1) is 11.9 Å². The molecule has 0 aliphatic rings.